The van der Waals surface area contributed by atoms with Gasteiger partial charge in [0.15, 0.2) is 0 Å². The number of hydrogen-bond donors (Lipinski definition) is 3. The summed E-state index contributed by atoms with van der Waals surface area (Å²) in [5, 5.41) is 21.3. The molecule has 1 fully saturated rings. The Kier molecular flexibility index (Phi) is 3.81. The summed E-state index contributed by atoms with van der Waals surface area (Å²) in [5.41, 5.74) is 0.595. The van der Waals surface area contributed by atoms with Crippen LogP contribution in [0.25, 0.3) is 0 Å². The van der Waals surface area contributed by atoms with Gasteiger partial charge < -0.3 is 15.4 Å². The summed E-state index contributed by atoms with van der Waals surface area (Å²) in [6.07, 6.45) is 4.32. The molecule has 2 rings (SSSR count). The van der Waals surface area contributed by atoms with E-state index in [0.717, 1.165) is 25.7 Å². The molecule has 1 aromatic rings. The lowest BCUT2D eigenvalue weighted by molar-refractivity contribution is 0.0938. The summed E-state index contributed by atoms with van der Waals surface area (Å²) >= 11 is 0. The summed E-state index contributed by atoms with van der Waals surface area (Å²) < 4.78 is 0. The number of amides is 1. The minimum atomic E-state index is -1.61. The zero-order valence-corrected chi connectivity index (χ0v) is 9.60. The molecule has 0 unspecified atom stereocenters. The number of carbonyl (C=O) groups is 1. The monoisotopic (exact) mass is 233 g/mol. The van der Waals surface area contributed by atoms with E-state index in [2.05, 4.69) is 5.32 Å². The van der Waals surface area contributed by atoms with Gasteiger partial charge in [-0.1, -0.05) is 31.0 Å². The standard InChI is InChI=1S/C12H16BNO3/c15-12(14-9-5-1-2-6-9)10-7-3-4-8-11(10)13(16)17/h3-4,7-9,16-17H,1-2,5-6H2,(H,14,15). The Morgan fingerprint density at radius 1 is 1.24 bits per heavy atom. The third kappa shape index (κ3) is 2.87. The van der Waals surface area contributed by atoms with Crippen molar-refractivity contribution < 1.29 is 14.8 Å². The smallest absolute Gasteiger partial charge is 0.423 e. The van der Waals surface area contributed by atoms with E-state index in [1.54, 1.807) is 24.3 Å². The van der Waals surface area contributed by atoms with Gasteiger partial charge in [0.05, 0.1) is 0 Å². The van der Waals surface area contributed by atoms with Crippen molar-refractivity contribution in [3.63, 3.8) is 0 Å². The van der Waals surface area contributed by atoms with E-state index >= 15 is 0 Å². The molecule has 0 radical (unpaired) electrons. The fourth-order valence-electron chi connectivity index (χ4n) is 2.26. The van der Waals surface area contributed by atoms with Crippen LogP contribution >= 0.6 is 0 Å². The Labute approximate surface area is 101 Å². The Hall–Kier alpha value is -1.33. The first-order valence-electron chi connectivity index (χ1n) is 5.94. The van der Waals surface area contributed by atoms with Crippen LogP contribution in [0.3, 0.4) is 0 Å². The van der Waals surface area contributed by atoms with Crippen LogP contribution in [0, 0.1) is 0 Å². The number of nitrogens with one attached hydrogen (secondary N) is 1. The van der Waals surface area contributed by atoms with Gasteiger partial charge in [0, 0.05) is 11.6 Å². The fraction of sp³-hybridized carbons (Fsp3) is 0.417. The van der Waals surface area contributed by atoms with E-state index in [9.17, 15) is 14.8 Å². The molecule has 4 nitrogen and oxygen atoms in total. The lowest BCUT2D eigenvalue weighted by Gasteiger charge is -2.14. The number of rotatable bonds is 3. The first kappa shape index (κ1) is 12.1. The molecule has 17 heavy (non-hydrogen) atoms. The van der Waals surface area contributed by atoms with Gasteiger partial charge in [0.2, 0.25) is 0 Å². The molecule has 0 bridgehead atoms. The Balaban J connectivity index is 2.12. The largest absolute Gasteiger partial charge is 0.489 e. The highest BCUT2D eigenvalue weighted by atomic mass is 16.4. The zero-order chi connectivity index (χ0) is 12.3. The molecule has 1 saturated carbocycles. The van der Waals surface area contributed by atoms with Gasteiger partial charge in [-0.3, -0.25) is 4.79 Å². The molecule has 5 heteroatoms. The second-order valence-electron chi connectivity index (χ2n) is 4.42. The van der Waals surface area contributed by atoms with Crippen LogP contribution in [0.4, 0.5) is 0 Å². The zero-order valence-electron chi connectivity index (χ0n) is 9.60. The van der Waals surface area contributed by atoms with Crippen LogP contribution < -0.4 is 10.8 Å². The van der Waals surface area contributed by atoms with Crippen LogP contribution in [0.5, 0.6) is 0 Å². The van der Waals surface area contributed by atoms with E-state index in [4.69, 9.17) is 0 Å². The molecule has 1 amide bonds. The highest BCUT2D eigenvalue weighted by Gasteiger charge is 2.22. The summed E-state index contributed by atoms with van der Waals surface area (Å²) in [7, 11) is -1.61. The average Bonchev–Trinajstić information content (AvgIpc) is 2.81. The van der Waals surface area contributed by atoms with Crippen molar-refractivity contribution in [2.45, 2.75) is 31.7 Å². The van der Waals surface area contributed by atoms with Gasteiger partial charge in [0.25, 0.3) is 5.91 Å². The summed E-state index contributed by atoms with van der Waals surface area (Å²) in [5.74, 6) is -0.222. The third-order valence-corrected chi connectivity index (χ3v) is 3.17. The number of carbonyl (C=O) groups excluding carboxylic acids is 1. The van der Waals surface area contributed by atoms with Crippen molar-refractivity contribution in [2.75, 3.05) is 0 Å². The maximum absolute atomic E-state index is 12.0. The van der Waals surface area contributed by atoms with Crippen molar-refractivity contribution in [1.82, 2.24) is 5.32 Å². The maximum atomic E-state index is 12.0. The quantitative estimate of drug-likeness (QED) is 0.645. The van der Waals surface area contributed by atoms with Crippen molar-refractivity contribution in [3.8, 4) is 0 Å². The van der Waals surface area contributed by atoms with Crippen molar-refractivity contribution >= 4 is 18.5 Å². The fourth-order valence-corrected chi connectivity index (χ4v) is 2.26. The molecule has 1 aliphatic carbocycles. The van der Waals surface area contributed by atoms with Crippen molar-refractivity contribution in [3.05, 3.63) is 29.8 Å². The summed E-state index contributed by atoms with van der Waals surface area (Å²) in [4.78, 5) is 12.0. The van der Waals surface area contributed by atoms with Crippen LogP contribution in [-0.2, 0) is 0 Å². The summed E-state index contributed by atoms with van der Waals surface area (Å²) in [6, 6.07) is 6.79. The first-order valence-corrected chi connectivity index (χ1v) is 5.94. The van der Waals surface area contributed by atoms with Crippen LogP contribution in [0.15, 0.2) is 24.3 Å². The molecule has 0 aromatic heterocycles. The molecule has 0 aliphatic heterocycles. The lowest BCUT2D eigenvalue weighted by Crippen LogP contribution is -2.40. The molecule has 0 atom stereocenters. The Morgan fingerprint density at radius 2 is 1.88 bits per heavy atom. The molecule has 0 spiro atoms. The van der Waals surface area contributed by atoms with Gasteiger partial charge in [0.1, 0.15) is 0 Å². The van der Waals surface area contributed by atoms with E-state index in [1.165, 1.54) is 0 Å². The van der Waals surface area contributed by atoms with Gasteiger partial charge in [-0.05, 0) is 24.4 Å². The third-order valence-electron chi connectivity index (χ3n) is 3.17. The van der Waals surface area contributed by atoms with Crippen LogP contribution in [0.2, 0.25) is 0 Å². The van der Waals surface area contributed by atoms with Gasteiger partial charge in [-0.2, -0.15) is 0 Å². The van der Waals surface area contributed by atoms with E-state index < -0.39 is 7.12 Å². The predicted molar refractivity (Wildman–Crippen MR) is 66.0 cm³/mol. The molecular formula is C12H16BNO3. The molecule has 1 aromatic carbocycles. The molecule has 1 aliphatic rings. The van der Waals surface area contributed by atoms with E-state index in [0.29, 0.717) is 5.56 Å². The first-order chi connectivity index (χ1) is 8.18. The second-order valence-corrected chi connectivity index (χ2v) is 4.42. The highest BCUT2D eigenvalue weighted by molar-refractivity contribution is 6.60. The molecule has 0 heterocycles. The molecular weight excluding hydrogens is 217 g/mol. The average molecular weight is 233 g/mol. The minimum absolute atomic E-state index is 0.222. The molecule has 3 N–H and O–H groups in total. The maximum Gasteiger partial charge on any atom is 0.489 e. The highest BCUT2D eigenvalue weighted by Crippen LogP contribution is 2.17. The van der Waals surface area contributed by atoms with E-state index in [1.807, 2.05) is 0 Å². The Morgan fingerprint density at radius 3 is 2.53 bits per heavy atom. The van der Waals surface area contributed by atoms with Gasteiger partial charge >= 0.3 is 7.12 Å². The lowest BCUT2D eigenvalue weighted by atomic mass is 9.77. The van der Waals surface area contributed by atoms with Gasteiger partial charge in [-0.25, -0.2) is 0 Å². The van der Waals surface area contributed by atoms with E-state index in [-0.39, 0.29) is 17.4 Å². The molecule has 90 valence electrons. The van der Waals surface area contributed by atoms with Crippen LogP contribution in [0.1, 0.15) is 36.0 Å². The topological polar surface area (TPSA) is 69.6 Å². The van der Waals surface area contributed by atoms with Crippen LogP contribution in [-0.4, -0.2) is 29.1 Å². The predicted octanol–water partition coefficient (Wildman–Crippen LogP) is 0.0388. The summed E-state index contributed by atoms with van der Waals surface area (Å²) in [6.45, 7) is 0. The number of benzene rings is 1. The molecule has 0 saturated heterocycles. The van der Waals surface area contributed by atoms with Crippen molar-refractivity contribution in [1.29, 1.82) is 0 Å². The number of hydrogen-bond acceptors (Lipinski definition) is 3. The normalized spacial score (nSPS) is 15.9. The second kappa shape index (κ2) is 5.34. The Bertz CT molecular complexity index is 402. The van der Waals surface area contributed by atoms with Gasteiger partial charge in [-0.15, -0.1) is 0 Å². The SMILES string of the molecule is O=C(NC1CCCC1)c1ccccc1B(O)O. The van der Waals surface area contributed by atoms with Crippen molar-refractivity contribution in [2.24, 2.45) is 0 Å². The minimum Gasteiger partial charge on any atom is -0.423 e.